The number of rotatable bonds is 4. The molecule has 2 aliphatic rings. The lowest BCUT2D eigenvalue weighted by atomic mass is 9.89. The molecular weight excluding hydrogens is 227 g/mol. The SMILES string of the molecule is CN(Cc1ccc(F)cc1)CC1CC2CCC1N2. The van der Waals surface area contributed by atoms with Crippen LogP contribution in [0.5, 0.6) is 0 Å². The second kappa shape index (κ2) is 4.98. The Morgan fingerprint density at radius 3 is 2.67 bits per heavy atom. The molecule has 0 saturated carbocycles. The topological polar surface area (TPSA) is 15.3 Å². The molecule has 2 nitrogen and oxygen atoms in total. The fourth-order valence-corrected chi connectivity index (χ4v) is 3.51. The summed E-state index contributed by atoms with van der Waals surface area (Å²) in [6.07, 6.45) is 4.04. The van der Waals surface area contributed by atoms with Gasteiger partial charge in [-0.25, -0.2) is 4.39 Å². The first-order valence-corrected chi connectivity index (χ1v) is 6.90. The van der Waals surface area contributed by atoms with Gasteiger partial charge in [0.15, 0.2) is 0 Å². The lowest BCUT2D eigenvalue weighted by Crippen LogP contribution is -2.32. The minimum atomic E-state index is -0.154. The minimum Gasteiger partial charge on any atom is -0.311 e. The summed E-state index contributed by atoms with van der Waals surface area (Å²) in [7, 11) is 2.16. The second-order valence-electron chi connectivity index (χ2n) is 5.87. The van der Waals surface area contributed by atoms with Crippen molar-refractivity contribution in [1.82, 2.24) is 10.2 Å². The molecule has 3 unspecified atom stereocenters. The minimum absolute atomic E-state index is 0.154. The Morgan fingerprint density at radius 2 is 2.06 bits per heavy atom. The van der Waals surface area contributed by atoms with Gasteiger partial charge in [-0.3, -0.25) is 0 Å². The molecule has 2 fully saturated rings. The summed E-state index contributed by atoms with van der Waals surface area (Å²) in [4.78, 5) is 2.36. The molecule has 0 amide bonds. The number of nitrogens with one attached hydrogen (secondary N) is 1. The fourth-order valence-electron chi connectivity index (χ4n) is 3.51. The number of benzene rings is 1. The Kier molecular flexibility index (Phi) is 3.35. The van der Waals surface area contributed by atoms with E-state index in [1.54, 1.807) is 12.1 Å². The molecule has 2 aliphatic heterocycles. The lowest BCUT2D eigenvalue weighted by Gasteiger charge is -2.26. The highest BCUT2D eigenvalue weighted by molar-refractivity contribution is 5.15. The normalized spacial score (nSPS) is 30.3. The molecule has 98 valence electrons. The first kappa shape index (κ1) is 12.1. The van der Waals surface area contributed by atoms with Crippen LogP contribution in [0, 0.1) is 11.7 Å². The molecule has 0 spiro atoms. The Labute approximate surface area is 108 Å². The summed E-state index contributed by atoms with van der Waals surface area (Å²) in [6, 6.07) is 8.37. The zero-order valence-electron chi connectivity index (χ0n) is 10.9. The molecule has 0 radical (unpaired) electrons. The monoisotopic (exact) mass is 248 g/mol. The molecule has 3 heteroatoms. The van der Waals surface area contributed by atoms with Crippen molar-refractivity contribution in [3.05, 3.63) is 35.6 Å². The first-order valence-electron chi connectivity index (χ1n) is 6.90. The molecule has 2 bridgehead atoms. The highest BCUT2D eigenvalue weighted by atomic mass is 19.1. The zero-order chi connectivity index (χ0) is 12.5. The quantitative estimate of drug-likeness (QED) is 0.880. The van der Waals surface area contributed by atoms with Gasteiger partial charge in [0.2, 0.25) is 0 Å². The molecule has 3 atom stereocenters. The third kappa shape index (κ3) is 2.57. The predicted octanol–water partition coefficient (Wildman–Crippen LogP) is 2.40. The van der Waals surface area contributed by atoms with E-state index in [9.17, 15) is 4.39 Å². The number of halogens is 1. The largest absolute Gasteiger partial charge is 0.311 e. The summed E-state index contributed by atoms with van der Waals surface area (Å²) in [6.45, 7) is 2.06. The van der Waals surface area contributed by atoms with E-state index in [0.29, 0.717) is 0 Å². The number of hydrogen-bond donors (Lipinski definition) is 1. The maximum atomic E-state index is 12.8. The van der Waals surface area contributed by atoms with Gasteiger partial charge >= 0.3 is 0 Å². The van der Waals surface area contributed by atoms with Crippen molar-refractivity contribution in [2.24, 2.45) is 5.92 Å². The number of fused-ring (bicyclic) bond motifs is 2. The van der Waals surface area contributed by atoms with Gasteiger partial charge in [0, 0.05) is 25.2 Å². The highest BCUT2D eigenvalue weighted by Crippen LogP contribution is 2.33. The van der Waals surface area contributed by atoms with Crippen LogP contribution in [-0.4, -0.2) is 30.6 Å². The average Bonchev–Trinajstić information content (AvgIpc) is 2.94. The average molecular weight is 248 g/mol. The summed E-state index contributed by atoms with van der Waals surface area (Å²) < 4.78 is 12.8. The van der Waals surface area contributed by atoms with Gasteiger partial charge in [0.25, 0.3) is 0 Å². The van der Waals surface area contributed by atoms with Crippen molar-refractivity contribution < 1.29 is 4.39 Å². The van der Waals surface area contributed by atoms with E-state index in [2.05, 4.69) is 17.3 Å². The smallest absolute Gasteiger partial charge is 0.123 e. The molecule has 0 aliphatic carbocycles. The van der Waals surface area contributed by atoms with Crippen LogP contribution in [0.15, 0.2) is 24.3 Å². The van der Waals surface area contributed by atoms with Crippen molar-refractivity contribution in [3.8, 4) is 0 Å². The van der Waals surface area contributed by atoms with E-state index in [-0.39, 0.29) is 5.82 Å². The van der Waals surface area contributed by atoms with Crippen LogP contribution >= 0.6 is 0 Å². The molecule has 18 heavy (non-hydrogen) atoms. The number of nitrogens with zero attached hydrogens (tertiary/aromatic N) is 1. The molecule has 3 rings (SSSR count). The van der Waals surface area contributed by atoms with Gasteiger partial charge in [-0.1, -0.05) is 12.1 Å². The molecule has 2 heterocycles. The first-order chi connectivity index (χ1) is 8.70. The van der Waals surface area contributed by atoms with Crippen LogP contribution in [0.2, 0.25) is 0 Å². The maximum Gasteiger partial charge on any atom is 0.123 e. The van der Waals surface area contributed by atoms with Gasteiger partial charge in [0.1, 0.15) is 5.82 Å². The summed E-state index contributed by atoms with van der Waals surface area (Å²) in [5, 5.41) is 3.68. The van der Waals surface area contributed by atoms with E-state index in [4.69, 9.17) is 0 Å². The van der Waals surface area contributed by atoms with E-state index in [0.717, 1.165) is 31.1 Å². The van der Waals surface area contributed by atoms with E-state index >= 15 is 0 Å². The molecule has 2 saturated heterocycles. The molecule has 1 N–H and O–H groups in total. The van der Waals surface area contributed by atoms with Gasteiger partial charge in [-0.05, 0) is 49.9 Å². The third-order valence-electron chi connectivity index (χ3n) is 4.34. The Bertz CT molecular complexity index is 403. The van der Waals surface area contributed by atoms with Crippen LogP contribution in [0.4, 0.5) is 4.39 Å². The van der Waals surface area contributed by atoms with Gasteiger partial charge < -0.3 is 10.2 Å². The zero-order valence-corrected chi connectivity index (χ0v) is 10.9. The molecule has 1 aromatic carbocycles. The fraction of sp³-hybridized carbons (Fsp3) is 0.600. The Hall–Kier alpha value is -0.930. The lowest BCUT2D eigenvalue weighted by molar-refractivity contribution is 0.242. The summed E-state index contributed by atoms with van der Waals surface area (Å²) in [5.41, 5.74) is 1.19. The summed E-state index contributed by atoms with van der Waals surface area (Å²) in [5.74, 6) is 0.646. The van der Waals surface area contributed by atoms with Crippen molar-refractivity contribution >= 4 is 0 Å². The van der Waals surface area contributed by atoms with Crippen molar-refractivity contribution in [1.29, 1.82) is 0 Å². The van der Waals surface area contributed by atoms with Crippen LogP contribution in [0.1, 0.15) is 24.8 Å². The van der Waals surface area contributed by atoms with Gasteiger partial charge in [0.05, 0.1) is 0 Å². The van der Waals surface area contributed by atoms with Crippen molar-refractivity contribution in [2.75, 3.05) is 13.6 Å². The molecular formula is C15H21FN2. The number of hydrogen-bond acceptors (Lipinski definition) is 2. The molecule has 0 aromatic heterocycles. The third-order valence-corrected chi connectivity index (χ3v) is 4.34. The second-order valence-corrected chi connectivity index (χ2v) is 5.87. The van der Waals surface area contributed by atoms with Gasteiger partial charge in [-0.15, -0.1) is 0 Å². The van der Waals surface area contributed by atoms with E-state index < -0.39 is 0 Å². The highest BCUT2D eigenvalue weighted by Gasteiger charge is 2.38. The van der Waals surface area contributed by atoms with Crippen LogP contribution < -0.4 is 5.32 Å². The Morgan fingerprint density at radius 1 is 1.28 bits per heavy atom. The van der Waals surface area contributed by atoms with E-state index in [1.807, 2.05) is 12.1 Å². The Balaban J connectivity index is 1.52. The maximum absolute atomic E-state index is 12.8. The van der Waals surface area contributed by atoms with Crippen LogP contribution in [0.3, 0.4) is 0 Å². The van der Waals surface area contributed by atoms with E-state index in [1.165, 1.54) is 24.8 Å². The molecule has 1 aromatic rings. The van der Waals surface area contributed by atoms with Crippen molar-refractivity contribution in [3.63, 3.8) is 0 Å². The van der Waals surface area contributed by atoms with Gasteiger partial charge in [-0.2, -0.15) is 0 Å². The van der Waals surface area contributed by atoms with Crippen LogP contribution in [-0.2, 0) is 6.54 Å². The predicted molar refractivity (Wildman–Crippen MR) is 70.8 cm³/mol. The van der Waals surface area contributed by atoms with Crippen LogP contribution in [0.25, 0.3) is 0 Å². The van der Waals surface area contributed by atoms with Crippen molar-refractivity contribution in [2.45, 2.75) is 37.9 Å². The summed E-state index contributed by atoms with van der Waals surface area (Å²) >= 11 is 0. The standard InChI is InChI=1S/C15H21FN2/c1-18(9-11-2-4-13(16)5-3-11)10-12-8-14-6-7-15(12)17-14/h2-5,12,14-15,17H,6-10H2,1H3.